The van der Waals surface area contributed by atoms with Crippen LogP contribution in [0.5, 0.6) is 0 Å². The van der Waals surface area contributed by atoms with Crippen LogP contribution in [0.2, 0.25) is 0 Å². The highest BCUT2D eigenvalue weighted by molar-refractivity contribution is 6.00. The third-order valence-corrected chi connectivity index (χ3v) is 5.78. The van der Waals surface area contributed by atoms with Crippen molar-refractivity contribution in [1.82, 2.24) is 14.5 Å². The average molecular weight is 372 g/mol. The number of nitrogens with one attached hydrogen (secondary N) is 1. The van der Waals surface area contributed by atoms with E-state index < -0.39 is 11.9 Å². The number of amides is 2. The lowest BCUT2D eigenvalue weighted by Crippen LogP contribution is -2.44. The number of aromatic nitrogens is 2. The SMILES string of the molecule is Cn1c(=O)n(C2CCC(=O)NC2=O)c2ccc(N3CCC(CCO)C3)cc21. The Labute approximate surface area is 156 Å². The van der Waals surface area contributed by atoms with Crippen LogP contribution in [0, 0.1) is 5.92 Å². The van der Waals surface area contributed by atoms with Gasteiger partial charge in [0.25, 0.3) is 0 Å². The molecule has 3 heterocycles. The highest BCUT2D eigenvalue weighted by Crippen LogP contribution is 2.29. The third-order valence-electron chi connectivity index (χ3n) is 5.78. The summed E-state index contributed by atoms with van der Waals surface area (Å²) in [6, 6.07) is 5.19. The molecule has 0 saturated carbocycles. The van der Waals surface area contributed by atoms with E-state index in [2.05, 4.69) is 10.2 Å². The van der Waals surface area contributed by atoms with Gasteiger partial charge in [-0.3, -0.25) is 24.0 Å². The number of anilines is 1. The molecule has 2 fully saturated rings. The fourth-order valence-electron chi connectivity index (χ4n) is 4.26. The Bertz CT molecular complexity index is 961. The van der Waals surface area contributed by atoms with E-state index in [4.69, 9.17) is 5.11 Å². The second kappa shape index (κ2) is 6.84. The summed E-state index contributed by atoms with van der Waals surface area (Å²) in [7, 11) is 1.70. The fourth-order valence-corrected chi connectivity index (χ4v) is 4.26. The molecular formula is C19H24N4O4. The first-order valence-electron chi connectivity index (χ1n) is 9.40. The zero-order valence-corrected chi connectivity index (χ0v) is 15.4. The topological polar surface area (TPSA) is 96.6 Å². The standard InChI is InChI=1S/C19H24N4O4/c1-21-16-10-13(22-8-6-12(11-22)7-9-24)2-3-14(16)23(19(21)27)15-4-5-17(25)20-18(15)26/h2-3,10,12,15,24H,4-9,11H2,1H3,(H,20,25,26). The van der Waals surface area contributed by atoms with Crippen molar-refractivity contribution in [2.45, 2.75) is 31.7 Å². The van der Waals surface area contributed by atoms with Crippen molar-refractivity contribution in [3.63, 3.8) is 0 Å². The van der Waals surface area contributed by atoms with Gasteiger partial charge >= 0.3 is 5.69 Å². The number of carbonyl (C=O) groups excluding carboxylic acids is 2. The van der Waals surface area contributed by atoms with Crippen molar-refractivity contribution in [3.05, 3.63) is 28.7 Å². The highest BCUT2D eigenvalue weighted by Gasteiger charge is 2.31. The van der Waals surface area contributed by atoms with Crippen molar-refractivity contribution in [3.8, 4) is 0 Å². The van der Waals surface area contributed by atoms with Crippen LogP contribution in [0.4, 0.5) is 5.69 Å². The Kier molecular flexibility index (Phi) is 4.51. The predicted molar refractivity (Wildman–Crippen MR) is 101 cm³/mol. The Morgan fingerprint density at radius 1 is 1.19 bits per heavy atom. The molecule has 27 heavy (non-hydrogen) atoms. The van der Waals surface area contributed by atoms with Crippen LogP contribution in [0.3, 0.4) is 0 Å². The Morgan fingerprint density at radius 2 is 2.00 bits per heavy atom. The number of carbonyl (C=O) groups is 2. The molecule has 144 valence electrons. The van der Waals surface area contributed by atoms with E-state index in [1.807, 2.05) is 18.2 Å². The molecule has 2 unspecified atom stereocenters. The number of piperidine rings is 1. The number of aliphatic hydroxyl groups is 1. The van der Waals surface area contributed by atoms with Gasteiger partial charge in [0.1, 0.15) is 6.04 Å². The molecule has 2 aromatic rings. The van der Waals surface area contributed by atoms with Crippen molar-refractivity contribution in [1.29, 1.82) is 0 Å². The minimum absolute atomic E-state index is 0.209. The molecule has 0 bridgehead atoms. The maximum Gasteiger partial charge on any atom is 0.329 e. The number of aliphatic hydroxyl groups excluding tert-OH is 1. The largest absolute Gasteiger partial charge is 0.396 e. The van der Waals surface area contributed by atoms with Gasteiger partial charge in [0.15, 0.2) is 0 Å². The minimum atomic E-state index is -0.662. The van der Waals surface area contributed by atoms with Gasteiger partial charge < -0.3 is 10.0 Å². The van der Waals surface area contributed by atoms with Crippen molar-refractivity contribution in [2.75, 3.05) is 24.6 Å². The van der Waals surface area contributed by atoms with E-state index >= 15 is 0 Å². The molecule has 1 aromatic heterocycles. The first-order chi connectivity index (χ1) is 13.0. The normalized spacial score (nSPS) is 23.3. The van der Waals surface area contributed by atoms with Gasteiger partial charge in [0.05, 0.1) is 11.0 Å². The summed E-state index contributed by atoms with van der Waals surface area (Å²) in [5, 5.41) is 11.5. The molecule has 2 aliphatic rings. The summed E-state index contributed by atoms with van der Waals surface area (Å²) in [5.41, 5.74) is 2.26. The number of imide groups is 1. The number of aryl methyl sites for hydroxylation is 1. The molecule has 8 heteroatoms. The van der Waals surface area contributed by atoms with Crippen molar-refractivity contribution < 1.29 is 14.7 Å². The molecule has 1 aromatic carbocycles. The maximum absolute atomic E-state index is 12.8. The molecule has 0 aliphatic carbocycles. The summed E-state index contributed by atoms with van der Waals surface area (Å²) < 4.78 is 3.06. The molecule has 2 saturated heterocycles. The molecule has 2 aliphatic heterocycles. The number of rotatable bonds is 4. The van der Waals surface area contributed by atoms with Crippen LogP contribution in [0.15, 0.2) is 23.0 Å². The second-order valence-corrected chi connectivity index (χ2v) is 7.46. The predicted octanol–water partition coefficient (Wildman–Crippen LogP) is 0.526. The summed E-state index contributed by atoms with van der Waals surface area (Å²) in [6.45, 7) is 2.03. The highest BCUT2D eigenvalue weighted by atomic mass is 16.3. The molecule has 8 nitrogen and oxygen atoms in total. The van der Waals surface area contributed by atoms with Gasteiger partial charge in [0, 0.05) is 38.9 Å². The third kappa shape index (κ3) is 3.03. The van der Waals surface area contributed by atoms with Gasteiger partial charge in [-0.25, -0.2) is 4.79 Å². The lowest BCUT2D eigenvalue weighted by atomic mass is 10.1. The van der Waals surface area contributed by atoms with E-state index in [1.54, 1.807) is 11.6 Å². The number of hydrogen-bond acceptors (Lipinski definition) is 5. The zero-order chi connectivity index (χ0) is 19.1. The summed E-state index contributed by atoms with van der Waals surface area (Å²) >= 11 is 0. The molecule has 0 radical (unpaired) electrons. The van der Waals surface area contributed by atoms with Gasteiger partial charge in [0.2, 0.25) is 11.8 Å². The maximum atomic E-state index is 12.8. The number of hydrogen-bond donors (Lipinski definition) is 2. The lowest BCUT2D eigenvalue weighted by Gasteiger charge is -2.22. The first-order valence-corrected chi connectivity index (χ1v) is 9.40. The van der Waals surface area contributed by atoms with E-state index in [9.17, 15) is 14.4 Å². The summed E-state index contributed by atoms with van der Waals surface area (Å²) in [6.07, 6.45) is 2.43. The Morgan fingerprint density at radius 3 is 2.74 bits per heavy atom. The smallest absolute Gasteiger partial charge is 0.329 e. The average Bonchev–Trinajstić information content (AvgIpc) is 3.20. The van der Waals surface area contributed by atoms with Crippen molar-refractivity contribution >= 4 is 28.5 Å². The number of imidazole rings is 1. The van der Waals surface area contributed by atoms with Crippen LogP contribution >= 0.6 is 0 Å². The number of nitrogens with zero attached hydrogens (tertiary/aromatic N) is 3. The van der Waals surface area contributed by atoms with Crippen LogP contribution in [0.25, 0.3) is 11.0 Å². The molecule has 4 rings (SSSR count). The molecular weight excluding hydrogens is 348 g/mol. The molecule has 2 amide bonds. The van der Waals surface area contributed by atoms with Crippen LogP contribution in [0.1, 0.15) is 31.7 Å². The van der Waals surface area contributed by atoms with Crippen molar-refractivity contribution in [2.24, 2.45) is 13.0 Å². The van der Waals surface area contributed by atoms with Gasteiger partial charge in [-0.1, -0.05) is 0 Å². The van der Waals surface area contributed by atoms with E-state index in [0.717, 1.165) is 37.1 Å². The van der Waals surface area contributed by atoms with Crippen LogP contribution < -0.4 is 15.9 Å². The first kappa shape index (κ1) is 17.8. The van der Waals surface area contributed by atoms with Gasteiger partial charge in [-0.2, -0.15) is 0 Å². The number of benzene rings is 1. The zero-order valence-electron chi connectivity index (χ0n) is 15.4. The monoisotopic (exact) mass is 372 g/mol. The number of fused-ring (bicyclic) bond motifs is 1. The quantitative estimate of drug-likeness (QED) is 0.763. The molecule has 2 N–H and O–H groups in total. The Hall–Kier alpha value is -2.61. The lowest BCUT2D eigenvalue weighted by molar-refractivity contribution is -0.135. The fraction of sp³-hybridized carbons (Fsp3) is 0.526. The summed E-state index contributed by atoms with van der Waals surface area (Å²) in [5.74, 6) is -0.225. The van der Waals surface area contributed by atoms with E-state index in [-0.39, 0.29) is 24.6 Å². The minimum Gasteiger partial charge on any atom is -0.396 e. The van der Waals surface area contributed by atoms with Gasteiger partial charge in [-0.05, 0) is 43.4 Å². The van der Waals surface area contributed by atoms with Crippen LogP contribution in [-0.4, -0.2) is 45.8 Å². The van der Waals surface area contributed by atoms with E-state index in [0.29, 0.717) is 17.9 Å². The Balaban J connectivity index is 1.70. The molecule has 0 spiro atoms. The van der Waals surface area contributed by atoms with Gasteiger partial charge in [-0.15, -0.1) is 0 Å². The second-order valence-electron chi connectivity index (χ2n) is 7.46. The van der Waals surface area contributed by atoms with E-state index in [1.165, 1.54) is 4.57 Å². The summed E-state index contributed by atoms with van der Waals surface area (Å²) in [4.78, 5) is 38.8. The van der Waals surface area contributed by atoms with Crippen LogP contribution in [-0.2, 0) is 16.6 Å². The molecule has 2 atom stereocenters.